The van der Waals surface area contributed by atoms with Gasteiger partial charge in [0.15, 0.2) is 6.29 Å². The van der Waals surface area contributed by atoms with Crippen molar-refractivity contribution in [3.63, 3.8) is 0 Å². The summed E-state index contributed by atoms with van der Waals surface area (Å²) in [4.78, 5) is 0.384. The quantitative estimate of drug-likeness (QED) is 0.835. The molecule has 1 aromatic carbocycles. The minimum atomic E-state index is -3.47. The largest absolute Gasteiger partial charge is 0.354 e. The summed E-state index contributed by atoms with van der Waals surface area (Å²) in [7, 11) is -1.96. The van der Waals surface area contributed by atoms with Gasteiger partial charge in [0.05, 0.1) is 18.0 Å². The SMILES string of the molecule is CCc1ccccc1S(=O)(=O)N1CCOC(OC)C1. The smallest absolute Gasteiger partial charge is 0.243 e. The van der Waals surface area contributed by atoms with E-state index in [0.29, 0.717) is 24.5 Å². The number of nitrogens with zero attached hydrogens (tertiary/aromatic N) is 1. The fourth-order valence-electron chi connectivity index (χ4n) is 2.14. The van der Waals surface area contributed by atoms with Crippen LogP contribution in [0.3, 0.4) is 0 Å². The topological polar surface area (TPSA) is 55.8 Å². The van der Waals surface area contributed by atoms with Gasteiger partial charge in [-0.1, -0.05) is 25.1 Å². The highest BCUT2D eigenvalue weighted by Gasteiger charge is 2.31. The van der Waals surface area contributed by atoms with Crippen molar-refractivity contribution in [3.8, 4) is 0 Å². The van der Waals surface area contributed by atoms with Crippen molar-refractivity contribution in [2.24, 2.45) is 0 Å². The summed E-state index contributed by atoms with van der Waals surface area (Å²) in [5, 5.41) is 0. The van der Waals surface area contributed by atoms with Gasteiger partial charge in [0.1, 0.15) is 0 Å². The maximum Gasteiger partial charge on any atom is 0.243 e. The average Bonchev–Trinajstić information content (AvgIpc) is 2.47. The third kappa shape index (κ3) is 2.97. The molecule has 1 aromatic rings. The second kappa shape index (κ2) is 6.00. The lowest BCUT2D eigenvalue weighted by molar-refractivity contribution is -0.151. The van der Waals surface area contributed by atoms with Crippen molar-refractivity contribution < 1.29 is 17.9 Å². The van der Waals surface area contributed by atoms with E-state index in [2.05, 4.69) is 0 Å². The normalized spacial score (nSPS) is 21.5. The Labute approximate surface area is 114 Å². The van der Waals surface area contributed by atoms with Gasteiger partial charge in [-0.25, -0.2) is 8.42 Å². The highest BCUT2D eigenvalue weighted by molar-refractivity contribution is 7.89. The van der Waals surface area contributed by atoms with Crippen LogP contribution in [0.2, 0.25) is 0 Å². The zero-order chi connectivity index (χ0) is 13.9. The number of rotatable bonds is 4. The number of hydrogen-bond donors (Lipinski definition) is 0. The molecule has 19 heavy (non-hydrogen) atoms. The molecule has 0 aromatic heterocycles. The Hall–Kier alpha value is -0.950. The van der Waals surface area contributed by atoms with Crippen LogP contribution in [0.4, 0.5) is 0 Å². The highest BCUT2D eigenvalue weighted by Crippen LogP contribution is 2.22. The number of ether oxygens (including phenoxy) is 2. The molecule has 1 saturated heterocycles. The van der Waals surface area contributed by atoms with E-state index in [0.717, 1.165) is 5.56 Å². The zero-order valence-corrected chi connectivity index (χ0v) is 12.0. The lowest BCUT2D eigenvalue weighted by atomic mass is 10.2. The third-order valence-electron chi connectivity index (χ3n) is 3.23. The highest BCUT2D eigenvalue weighted by atomic mass is 32.2. The van der Waals surface area contributed by atoms with Gasteiger partial charge >= 0.3 is 0 Å². The van der Waals surface area contributed by atoms with E-state index >= 15 is 0 Å². The monoisotopic (exact) mass is 285 g/mol. The molecular formula is C13H19NO4S. The molecular weight excluding hydrogens is 266 g/mol. The first-order valence-corrected chi connectivity index (χ1v) is 7.76. The van der Waals surface area contributed by atoms with Gasteiger partial charge in [-0.15, -0.1) is 0 Å². The van der Waals surface area contributed by atoms with Gasteiger partial charge < -0.3 is 9.47 Å². The van der Waals surface area contributed by atoms with Crippen molar-refractivity contribution >= 4 is 10.0 Å². The van der Waals surface area contributed by atoms with Gasteiger partial charge in [-0.2, -0.15) is 4.31 Å². The molecule has 1 unspecified atom stereocenters. The average molecular weight is 285 g/mol. The second-order valence-corrected chi connectivity index (χ2v) is 6.27. The van der Waals surface area contributed by atoms with Gasteiger partial charge in [0, 0.05) is 13.7 Å². The fourth-order valence-corrected chi connectivity index (χ4v) is 3.85. The summed E-state index contributed by atoms with van der Waals surface area (Å²) in [5.74, 6) is 0. The third-order valence-corrected chi connectivity index (χ3v) is 5.20. The summed E-state index contributed by atoms with van der Waals surface area (Å²) >= 11 is 0. The lowest BCUT2D eigenvalue weighted by Crippen LogP contribution is -2.46. The Kier molecular flexibility index (Phi) is 4.57. The minimum absolute atomic E-state index is 0.233. The molecule has 1 fully saturated rings. The maximum atomic E-state index is 12.6. The van der Waals surface area contributed by atoms with Crippen LogP contribution >= 0.6 is 0 Å². The predicted molar refractivity (Wildman–Crippen MR) is 71.3 cm³/mol. The minimum Gasteiger partial charge on any atom is -0.354 e. The summed E-state index contributed by atoms with van der Waals surface area (Å²) in [6, 6.07) is 7.11. The Balaban J connectivity index is 2.31. The molecule has 0 amide bonds. The van der Waals surface area contributed by atoms with E-state index in [4.69, 9.17) is 9.47 Å². The number of aryl methyl sites for hydroxylation is 1. The first-order chi connectivity index (χ1) is 9.09. The number of sulfonamides is 1. The molecule has 2 rings (SSSR count). The van der Waals surface area contributed by atoms with Gasteiger partial charge in [0.2, 0.25) is 10.0 Å². The first kappa shape index (κ1) is 14.5. The number of hydrogen-bond acceptors (Lipinski definition) is 4. The van der Waals surface area contributed by atoms with E-state index in [1.807, 2.05) is 19.1 Å². The molecule has 1 atom stereocenters. The van der Waals surface area contributed by atoms with Crippen LogP contribution in [-0.4, -0.2) is 45.8 Å². The van der Waals surface area contributed by atoms with E-state index in [9.17, 15) is 8.42 Å². The van der Waals surface area contributed by atoms with Crippen LogP contribution in [0, 0.1) is 0 Å². The van der Waals surface area contributed by atoms with Crippen LogP contribution in [0.15, 0.2) is 29.2 Å². The van der Waals surface area contributed by atoms with Gasteiger partial charge in [-0.05, 0) is 18.1 Å². The van der Waals surface area contributed by atoms with Crippen LogP contribution < -0.4 is 0 Å². The predicted octanol–water partition coefficient (Wildman–Crippen LogP) is 1.24. The number of morpholine rings is 1. The van der Waals surface area contributed by atoms with Crippen LogP contribution in [0.25, 0.3) is 0 Å². The van der Waals surface area contributed by atoms with Crippen molar-refractivity contribution in [2.75, 3.05) is 26.8 Å². The molecule has 6 heteroatoms. The summed E-state index contributed by atoms with van der Waals surface area (Å²) in [6.45, 7) is 2.90. The van der Waals surface area contributed by atoms with Crippen LogP contribution in [0.1, 0.15) is 12.5 Å². The second-order valence-electron chi connectivity index (χ2n) is 4.36. The Bertz CT molecular complexity index is 529. The molecule has 0 spiro atoms. The zero-order valence-electron chi connectivity index (χ0n) is 11.2. The van der Waals surface area contributed by atoms with Crippen molar-refractivity contribution in [3.05, 3.63) is 29.8 Å². The molecule has 0 aliphatic carbocycles. The molecule has 106 valence electrons. The summed E-state index contributed by atoms with van der Waals surface area (Å²) in [5.41, 5.74) is 0.836. The van der Waals surface area contributed by atoms with E-state index < -0.39 is 16.3 Å². The molecule has 5 nitrogen and oxygen atoms in total. The molecule has 0 bridgehead atoms. The molecule has 1 heterocycles. The number of methoxy groups -OCH3 is 1. The van der Waals surface area contributed by atoms with E-state index in [1.54, 1.807) is 12.1 Å². The van der Waals surface area contributed by atoms with Crippen molar-refractivity contribution in [2.45, 2.75) is 24.5 Å². The van der Waals surface area contributed by atoms with Crippen molar-refractivity contribution in [1.82, 2.24) is 4.31 Å². The Morgan fingerprint density at radius 2 is 2.16 bits per heavy atom. The van der Waals surface area contributed by atoms with E-state index in [-0.39, 0.29) is 6.54 Å². The van der Waals surface area contributed by atoms with Crippen molar-refractivity contribution in [1.29, 1.82) is 0 Å². The van der Waals surface area contributed by atoms with Crippen LogP contribution in [-0.2, 0) is 25.9 Å². The standard InChI is InChI=1S/C13H19NO4S/c1-3-11-6-4-5-7-12(11)19(15,16)14-8-9-18-13(10-14)17-2/h4-7,13H,3,8-10H2,1-2H3. The van der Waals surface area contributed by atoms with E-state index in [1.165, 1.54) is 11.4 Å². The maximum absolute atomic E-state index is 12.6. The number of benzene rings is 1. The molecule has 0 N–H and O–H groups in total. The van der Waals surface area contributed by atoms with Gasteiger partial charge in [0.25, 0.3) is 0 Å². The lowest BCUT2D eigenvalue weighted by Gasteiger charge is -2.31. The fraction of sp³-hybridized carbons (Fsp3) is 0.538. The molecule has 1 aliphatic rings. The Morgan fingerprint density at radius 1 is 1.42 bits per heavy atom. The summed E-state index contributed by atoms with van der Waals surface area (Å²) in [6.07, 6.45) is 0.199. The summed E-state index contributed by atoms with van der Waals surface area (Å²) < 4.78 is 37.1. The molecule has 0 saturated carbocycles. The van der Waals surface area contributed by atoms with Crippen LogP contribution in [0.5, 0.6) is 0 Å². The molecule has 1 aliphatic heterocycles. The first-order valence-electron chi connectivity index (χ1n) is 6.32. The Morgan fingerprint density at radius 3 is 2.84 bits per heavy atom. The molecule has 0 radical (unpaired) electrons. The van der Waals surface area contributed by atoms with Gasteiger partial charge in [-0.3, -0.25) is 0 Å².